The molecule has 0 spiro atoms. The van der Waals surface area contributed by atoms with Gasteiger partial charge in [-0.15, -0.1) is 0 Å². The van der Waals surface area contributed by atoms with Crippen molar-refractivity contribution in [3.8, 4) is 0 Å². The predicted molar refractivity (Wildman–Crippen MR) is 58.4 cm³/mol. The van der Waals surface area contributed by atoms with Gasteiger partial charge in [0.05, 0.1) is 0 Å². The number of aromatic nitrogens is 1. The molecule has 0 saturated heterocycles. The quantitative estimate of drug-likeness (QED) is 0.724. The van der Waals surface area contributed by atoms with E-state index in [1.54, 1.807) is 0 Å². The van der Waals surface area contributed by atoms with E-state index in [1.807, 2.05) is 12.3 Å². The van der Waals surface area contributed by atoms with E-state index in [4.69, 9.17) is 0 Å². The molecule has 0 atom stereocenters. The summed E-state index contributed by atoms with van der Waals surface area (Å²) in [5.74, 6) is 0.665. The van der Waals surface area contributed by atoms with Crippen LogP contribution in [0.5, 0.6) is 0 Å². The van der Waals surface area contributed by atoms with Crippen molar-refractivity contribution in [2.45, 2.75) is 27.7 Å². The molecule has 0 unspecified atom stereocenters. The summed E-state index contributed by atoms with van der Waals surface area (Å²) in [5.41, 5.74) is 1.44. The van der Waals surface area contributed by atoms with Gasteiger partial charge in [0.1, 0.15) is 0 Å². The number of allylic oxidation sites excluding steroid dienone is 1. The summed E-state index contributed by atoms with van der Waals surface area (Å²) in [7, 11) is 0. The van der Waals surface area contributed by atoms with Crippen molar-refractivity contribution >= 4 is 6.08 Å². The van der Waals surface area contributed by atoms with Crippen LogP contribution < -0.4 is 0 Å². The molecule has 0 aromatic carbocycles. The number of rotatable bonds is 3. The van der Waals surface area contributed by atoms with Gasteiger partial charge in [0, 0.05) is 11.9 Å². The fourth-order valence-electron chi connectivity index (χ4n) is 0.945. The highest BCUT2D eigenvalue weighted by Gasteiger charge is 2.17. The van der Waals surface area contributed by atoms with E-state index >= 15 is 0 Å². The normalized spacial score (nSPS) is 13.0. The van der Waals surface area contributed by atoms with Crippen LogP contribution in [0.15, 0.2) is 24.4 Å². The van der Waals surface area contributed by atoms with Crippen LogP contribution in [0.4, 0.5) is 0 Å². The van der Waals surface area contributed by atoms with Gasteiger partial charge in [-0.2, -0.15) is 0 Å². The Morgan fingerprint density at radius 2 is 2.08 bits per heavy atom. The molecule has 0 aliphatic rings. The van der Waals surface area contributed by atoms with Gasteiger partial charge in [-0.05, 0) is 29.5 Å². The molecule has 72 valence electrons. The zero-order valence-corrected chi connectivity index (χ0v) is 8.96. The maximum atomic E-state index is 3.16. The molecule has 13 heavy (non-hydrogen) atoms. The maximum absolute atomic E-state index is 3.16. The molecule has 0 fully saturated rings. The summed E-state index contributed by atoms with van der Waals surface area (Å²) in [4.78, 5) is 3.16. The van der Waals surface area contributed by atoms with E-state index in [0.717, 1.165) is 0 Å². The van der Waals surface area contributed by atoms with Crippen molar-refractivity contribution in [1.82, 2.24) is 4.98 Å². The predicted octanol–water partition coefficient (Wildman–Crippen LogP) is 3.71. The van der Waals surface area contributed by atoms with Crippen molar-refractivity contribution in [3.63, 3.8) is 0 Å². The van der Waals surface area contributed by atoms with E-state index in [1.165, 1.54) is 5.69 Å². The van der Waals surface area contributed by atoms with Crippen LogP contribution in [0.1, 0.15) is 33.4 Å². The number of hydrogen-bond donors (Lipinski definition) is 1. The van der Waals surface area contributed by atoms with E-state index in [-0.39, 0.29) is 5.41 Å². The number of H-pyrrole nitrogens is 1. The molecule has 0 amide bonds. The highest BCUT2D eigenvalue weighted by Crippen LogP contribution is 2.28. The Hall–Kier alpha value is -0.980. The first-order valence-electron chi connectivity index (χ1n) is 4.85. The fourth-order valence-corrected chi connectivity index (χ4v) is 0.945. The lowest BCUT2D eigenvalue weighted by Crippen LogP contribution is -2.15. The summed E-state index contributed by atoms with van der Waals surface area (Å²) in [6, 6.07) is 4.09. The zero-order valence-electron chi connectivity index (χ0n) is 8.96. The van der Waals surface area contributed by atoms with Crippen LogP contribution in [0.3, 0.4) is 0 Å². The average Bonchev–Trinajstić information content (AvgIpc) is 2.52. The molecule has 0 bridgehead atoms. The van der Waals surface area contributed by atoms with Crippen molar-refractivity contribution < 1.29 is 0 Å². The summed E-state index contributed by atoms with van der Waals surface area (Å²) >= 11 is 0. The average molecular weight is 177 g/mol. The topological polar surface area (TPSA) is 15.8 Å². The number of nitrogens with one attached hydrogen (secondary N) is 1. The highest BCUT2D eigenvalue weighted by atomic mass is 14.7. The Bertz CT molecular complexity index is 265. The lowest BCUT2D eigenvalue weighted by molar-refractivity contribution is 0.335. The second-order valence-corrected chi connectivity index (χ2v) is 4.43. The van der Waals surface area contributed by atoms with E-state index in [0.29, 0.717) is 5.92 Å². The summed E-state index contributed by atoms with van der Waals surface area (Å²) < 4.78 is 0. The Kier molecular flexibility index (Phi) is 2.97. The monoisotopic (exact) mass is 177 g/mol. The van der Waals surface area contributed by atoms with Crippen LogP contribution in [0.25, 0.3) is 6.08 Å². The molecule has 1 nitrogen and oxygen atoms in total. The summed E-state index contributed by atoms with van der Waals surface area (Å²) in [5, 5.41) is 0. The largest absolute Gasteiger partial charge is 0.362 e. The van der Waals surface area contributed by atoms with E-state index in [2.05, 4.69) is 50.9 Å². The van der Waals surface area contributed by atoms with E-state index in [9.17, 15) is 0 Å². The lowest BCUT2D eigenvalue weighted by Gasteiger charge is -2.24. The second-order valence-electron chi connectivity index (χ2n) is 4.43. The standard InChI is InChI=1S/C12H19N/c1-10(2)12(3,4)8-7-11-6-5-9-13-11/h5-10,13H,1-4H3. The fraction of sp³-hybridized carbons (Fsp3) is 0.500. The third-order valence-electron chi connectivity index (χ3n) is 2.80. The van der Waals surface area contributed by atoms with Crippen LogP contribution in [0, 0.1) is 11.3 Å². The first-order valence-corrected chi connectivity index (χ1v) is 4.85. The molecule has 1 N–H and O–H groups in total. The molecule has 0 radical (unpaired) electrons. The highest BCUT2D eigenvalue weighted by molar-refractivity contribution is 5.45. The van der Waals surface area contributed by atoms with Gasteiger partial charge in [0.2, 0.25) is 0 Å². The van der Waals surface area contributed by atoms with Crippen LogP contribution in [-0.4, -0.2) is 4.98 Å². The van der Waals surface area contributed by atoms with Crippen LogP contribution in [-0.2, 0) is 0 Å². The minimum absolute atomic E-state index is 0.269. The second kappa shape index (κ2) is 3.82. The molecule has 1 rings (SSSR count). The zero-order chi connectivity index (χ0) is 9.90. The van der Waals surface area contributed by atoms with Gasteiger partial charge in [-0.25, -0.2) is 0 Å². The van der Waals surface area contributed by atoms with Gasteiger partial charge in [0.15, 0.2) is 0 Å². The smallest absolute Gasteiger partial charge is 0.0377 e. The van der Waals surface area contributed by atoms with Crippen molar-refractivity contribution in [3.05, 3.63) is 30.1 Å². The molecule has 0 aliphatic heterocycles. The number of aromatic amines is 1. The minimum atomic E-state index is 0.269. The van der Waals surface area contributed by atoms with Gasteiger partial charge >= 0.3 is 0 Å². The van der Waals surface area contributed by atoms with Gasteiger partial charge in [-0.1, -0.05) is 33.8 Å². The van der Waals surface area contributed by atoms with Gasteiger partial charge in [-0.3, -0.25) is 0 Å². The Balaban J connectivity index is 2.68. The Labute approximate surface area is 80.9 Å². The maximum Gasteiger partial charge on any atom is 0.0377 e. The lowest BCUT2D eigenvalue weighted by atomic mass is 9.81. The molecular weight excluding hydrogens is 158 g/mol. The summed E-state index contributed by atoms with van der Waals surface area (Å²) in [6.07, 6.45) is 6.37. The third-order valence-corrected chi connectivity index (χ3v) is 2.80. The molecule has 0 aliphatic carbocycles. The molecule has 0 saturated carbocycles. The minimum Gasteiger partial charge on any atom is -0.362 e. The third kappa shape index (κ3) is 2.76. The SMILES string of the molecule is CC(C)C(C)(C)C=Cc1ccc[nH]1. The van der Waals surface area contributed by atoms with Crippen LogP contribution >= 0.6 is 0 Å². The molecular formula is C12H19N. The Morgan fingerprint density at radius 1 is 1.38 bits per heavy atom. The number of hydrogen-bond acceptors (Lipinski definition) is 0. The van der Waals surface area contributed by atoms with Crippen molar-refractivity contribution in [2.75, 3.05) is 0 Å². The van der Waals surface area contributed by atoms with Crippen molar-refractivity contribution in [2.24, 2.45) is 11.3 Å². The van der Waals surface area contributed by atoms with Gasteiger partial charge < -0.3 is 4.98 Å². The van der Waals surface area contributed by atoms with Crippen molar-refractivity contribution in [1.29, 1.82) is 0 Å². The van der Waals surface area contributed by atoms with Gasteiger partial charge in [0.25, 0.3) is 0 Å². The molecule has 1 heterocycles. The summed E-state index contributed by atoms with van der Waals surface area (Å²) in [6.45, 7) is 9.02. The van der Waals surface area contributed by atoms with E-state index < -0.39 is 0 Å². The first kappa shape index (κ1) is 10.1. The Morgan fingerprint density at radius 3 is 2.54 bits per heavy atom. The molecule has 1 aromatic heterocycles. The molecule has 1 heteroatoms. The molecule has 1 aromatic rings. The van der Waals surface area contributed by atoms with Crippen LogP contribution in [0.2, 0.25) is 0 Å². The first-order chi connectivity index (χ1) is 6.02.